The van der Waals surface area contributed by atoms with Crippen molar-refractivity contribution in [1.82, 2.24) is 16.0 Å². The van der Waals surface area contributed by atoms with Crippen LogP contribution in [0.2, 0.25) is 0 Å². The van der Waals surface area contributed by atoms with Gasteiger partial charge in [0.25, 0.3) is 0 Å². The quantitative estimate of drug-likeness (QED) is 0.313. The van der Waals surface area contributed by atoms with E-state index in [1.54, 1.807) is 12.1 Å². The van der Waals surface area contributed by atoms with E-state index in [9.17, 15) is 9.59 Å². The van der Waals surface area contributed by atoms with Crippen LogP contribution in [0.3, 0.4) is 0 Å². The molecule has 130 valence electrons. The average molecular weight is 331 g/mol. The molecule has 0 heterocycles. The van der Waals surface area contributed by atoms with Gasteiger partial charge in [-0.25, -0.2) is 4.99 Å². The molecule has 1 aromatic carbocycles. The van der Waals surface area contributed by atoms with Crippen molar-refractivity contribution in [2.45, 2.75) is 26.3 Å². The molecule has 2 rings (SSSR count). The monoisotopic (exact) mass is 331 g/mol. The van der Waals surface area contributed by atoms with Crippen LogP contribution in [0.5, 0.6) is 0 Å². The number of nitrogens with one attached hydrogen (secondary N) is 3. The number of nitrogens with two attached hydrogens (primary N) is 1. The molecule has 2 amide bonds. The SMILES string of the molecule is CCNC(=NCc1ccc(C(N)=O)cc1)NCCNC(=O)C1CC1. The van der Waals surface area contributed by atoms with Crippen molar-refractivity contribution >= 4 is 17.8 Å². The normalized spacial score (nSPS) is 14.1. The highest BCUT2D eigenvalue weighted by atomic mass is 16.2. The zero-order chi connectivity index (χ0) is 17.4. The summed E-state index contributed by atoms with van der Waals surface area (Å²) >= 11 is 0. The Kier molecular flexibility index (Phi) is 6.60. The standard InChI is InChI=1S/C17H25N5O2/c1-2-19-17(21-10-9-20-16(24)14-7-8-14)22-11-12-3-5-13(6-4-12)15(18)23/h3-6,14H,2,7-11H2,1H3,(H2,18,23)(H,20,24)(H2,19,21,22). The minimum atomic E-state index is -0.437. The lowest BCUT2D eigenvalue weighted by molar-refractivity contribution is -0.122. The molecule has 0 spiro atoms. The van der Waals surface area contributed by atoms with Gasteiger partial charge in [0.15, 0.2) is 5.96 Å². The van der Waals surface area contributed by atoms with Crippen LogP contribution in [0.15, 0.2) is 29.3 Å². The van der Waals surface area contributed by atoms with Crippen molar-refractivity contribution in [1.29, 1.82) is 0 Å². The Morgan fingerprint density at radius 3 is 2.38 bits per heavy atom. The number of carbonyl (C=O) groups is 2. The summed E-state index contributed by atoms with van der Waals surface area (Å²) in [5.74, 6) is 0.633. The first-order chi connectivity index (χ1) is 11.6. The second-order valence-corrected chi connectivity index (χ2v) is 5.75. The summed E-state index contributed by atoms with van der Waals surface area (Å²) in [7, 11) is 0. The van der Waals surface area contributed by atoms with Crippen molar-refractivity contribution in [3.8, 4) is 0 Å². The van der Waals surface area contributed by atoms with Crippen LogP contribution in [0.25, 0.3) is 0 Å². The lowest BCUT2D eigenvalue weighted by Gasteiger charge is -2.12. The summed E-state index contributed by atoms with van der Waals surface area (Å²) in [6.07, 6.45) is 2.02. The number of hydrogen-bond acceptors (Lipinski definition) is 3. The van der Waals surface area contributed by atoms with Crippen molar-refractivity contribution in [3.63, 3.8) is 0 Å². The topological polar surface area (TPSA) is 109 Å². The predicted octanol–water partition coefficient (Wildman–Crippen LogP) is 0.367. The summed E-state index contributed by atoms with van der Waals surface area (Å²) in [4.78, 5) is 27.1. The van der Waals surface area contributed by atoms with Gasteiger partial charge in [-0.05, 0) is 37.5 Å². The molecule has 7 nitrogen and oxygen atoms in total. The molecule has 1 fully saturated rings. The molecule has 24 heavy (non-hydrogen) atoms. The first-order valence-corrected chi connectivity index (χ1v) is 8.28. The maximum absolute atomic E-state index is 11.5. The molecule has 1 aliphatic carbocycles. The average Bonchev–Trinajstić information content (AvgIpc) is 3.41. The molecule has 0 radical (unpaired) electrons. The summed E-state index contributed by atoms with van der Waals surface area (Å²) in [5.41, 5.74) is 6.69. The number of benzene rings is 1. The number of rotatable bonds is 8. The largest absolute Gasteiger partial charge is 0.366 e. The molecule has 0 saturated heterocycles. The Morgan fingerprint density at radius 2 is 1.79 bits per heavy atom. The van der Waals surface area contributed by atoms with Gasteiger partial charge in [-0.3, -0.25) is 9.59 Å². The third kappa shape index (κ3) is 5.91. The Labute approximate surface area is 142 Å². The molecule has 0 bridgehead atoms. The molecule has 1 aromatic rings. The molecule has 1 aliphatic rings. The van der Waals surface area contributed by atoms with Gasteiger partial charge >= 0.3 is 0 Å². The highest BCUT2D eigenvalue weighted by molar-refractivity contribution is 5.92. The van der Waals surface area contributed by atoms with Crippen LogP contribution in [-0.4, -0.2) is 37.4 Å². The second kappa shape index (κ2) is 8.90. The van der Waals surface area contributed by atoms with E-state index in [1.165, 1.54) is 0 Å². The fourth-order valence-electron chi connectivity index (χ4n) is 2.14. The fourth-order valence-corrected chi connectivity index (χ4v) is 2.14. The zero-order valence-electron chi connectivity index (χ0n) is 14.0. The minimum absolute atomic E-state index is 0.147. The third-order valence-corrected chi connectivity index (χ3v) is 3.67. The Morgan fingerprint density at radius 1 is 1.12 bits per heavy atom. The first kappa shape index (κ1) is 17.8. The van der Waals surface area contributed by atoms with Crippen LogP contribution in [0.4, 0.5) is 0 Å². The zero-order valence-corrected chi connectivity index (χ0v) is 14.0. The smallest absolute Gasteiger partial charge is 0.248 e. The number of nitrogens with zero attached hydrogens (tertiary/aromatic N) is 1. The van der Waals surface area contributed by atoms with Crippen LogP contribution in [0, 0.1) is 5.92 Å². The molecular formula is C17H25N5O2. The highest BCUT2D eigenvalue weighted by Gasteiger charge is 2.28. The predicted molar refractivity (Wildman–Crippen MR) is 93.5 cm³/mol. The number of amides is 2. The van der Waals surface area contributed by atoms with Gasteiger partial charge in [0.1, 0.15) is 0 Å². The van der Waals surface area contributed by atoms with E-state index in [0.717, 1.165) is 24.9 Å². The lowest BCUT2D eigenvalue weighted by atomic mass is 10.1. The van der Waals surface area contributed by atoms with Crippen molar-refractivity contribution in [2.24, 2.45) is 16.6 Å². The summed E-state index contributed by atoms with van der Waals surface area (Å²) < 4.78 is 0. The number of carbonyl (C=O) groups excluding carboxylic acids is 2. The van der Waals surface area contributed by atoms with Gasteiger partial charge in [0.05, 0.1) is 6.54 Å². The Balaban J connectivity index is 1.78. The molecule has 7 heteroatoms. The van der Waals surface area contributed by atoms with E-state index in [-0.39, 0.29) is 11.8 Å². The Bertz CT molecular complexity index is 594. The van der Waals surface area contributed by atoms with Crippen LogP contribution < -0.4 is 21.7 Å². The molecule has 1 saturated carbocycles. The maximum atomic E-state index is 11.5. The molecular weight excluding hydrogens is 306 g/mol. The van der Waals surface area contributed by atoms with Crippen molar-refractivity contribution in [3.05, 3.63) is 35.4 Å². The van der Waals surface area contributed by atoms with E-state index in [0.29, 0.717) is 31.2 Å². The molecule has 0 atom stereocenters. The van der Waals surface area contributed by atoms with Gasteiger partial charge in [0.2, 0.25) is 11.8 Å². The second-order valence-electron chi connectivity index (χ2n) is 5.75. The number of hydrogen-bond donors (Lipinski definition) is 4. The van der Waals surface area contributed by atoms with E-state index in [1.807, 2.05) is 19.1 Å². The molecule has 0 aliphatic heterocycles. The number of guanidine groups is 1. The summed E-state index contributed by atoms with van der Waals surface area (Å²) in [6, 6.07) is 7.06. The van der Waals surface area contributed by atoms with Crippen molar-refractivity contribution < 1.29 is 9.59 Å². The third-order valence-electron chi connectivity index (χ3n) is 3.67. The van der Waals surface area contributed by atoms with E-state index in [4.69, 9.17) is 5.73 Å². The number of primary amides is 1. The van der Waals surface area contributed by atoms with E-state index < -0.39 is 5.91 Å². The van der Waals surface area contributed by atoms with E-state index in [2.05, 4.69) is 20.9 Å². The Hall–Kier alpha value is -2.57. The highest BCUT2D eigenvalue weighted by Crippen LogP contribution is 2.28. The number of aliphatic imine (C=N–C) groups is 1. The van der Waals surface area contributed by atoms with Gasteiger partial charge in [-0.2, -0.15) is 0 Å². The molecule has 0 unspecified atom stereocenters. The van der Waals surface area contributed by atoms with Gasteiger partial charge in [-0.1, -0.05) is 12.1 Å². The molecule has 0 aromatic heterocycles. The summed E-state index contributed by atoms with van der Waals surface area (Å²) in [6.45, 7) is 4.43. The van der Waals surface area contributed by atoms with Crippen LogP contribution >= 0.6 is 0 Å². The van der Waals surface area contributed by atoms with Crippen LogP contribution in [-0.2, 0) is 11.3 Å². The first-order valence-electron chi connectivity index (χ1n) is 8.28. The summed E-state index contributed by atoms with van der Waals surface area (Å²) in [5, 5.41) is 9.25. The van der Waals surface area contributed by atoms with Crippen LogP contribution in [0.1, 0.15) is 35.7 Å². The van der Waals surface area contributed by atoms with Gasteiger partial charge in [-0.15, -0.1) is 0 Å². The lowest BCUT2D eigenvalue weighted by Crippen LogP contribution is -2.41. The van der Waals surface area contributed by atoms with E-state index >= 15 is 0 Å². The molecule has 5 N–H and O–H groups in total. The maximum Gasteiger partial charge on any atom is 0.248 e. The van der Waals surface area contributed by atoms with Gasteiger partial charge in [0, 0.05) is 31.1 Å². The minimum Gasteiger partial charge on any atom is -0.366 e. The van der Waals surface area contributed by atoms with Gasteiger partial charge < -0.3 is 21.7 Å². The van der Waals surface area contributed by atoms with Crippen molar-refractivity contribution in [2.75, 3.05) is 19.6 Å². The fraction of sp³-hybridized carbons (Fsp3) is 0.471.